The van der Waals surface area contributed by atoms with E-state index in [1.807, 2.05) is 30.3 Å². The molecule has 0 spiro atoms. The molecule has 1 aliphatic heterocycles. The van der Waals surface area contributed by atoms with Gasteiger partial charge < -0.3 is 4.74 Å². The van der Waals surface area contributed by atoms with Gasteiger partial charge in [0.15, 0.2) is 0 Å². The van der Waals surface area contributed by atoms with Gasteiger partial charge >= 0.3 is 14.7 Å². The number of benzene rings is 1. The van der Waals surface area contributed by atoms with Crippen LogP contribution < -0.4 is 0 Å². The summed E-state index contributed by atoms with van der Waals surface area (Å²) in [5.41, 5.74) is 0.127. The second-order valence-electron chi connectivity index (χ2n) is 8.17. The summed E-state index contributed by atoms with van der Waals surface area (Å²) >= 11 is 0. The van der Waals surface area contributed by atoms with Gasteiger partial charge in [0.1, 0.15) is 0 Å². The number of methoxy groups -OCH3 is 1. The molecule has 1 saturated heterocycles. The summed E-state index contributed by atoms with van der Waals surface area (Å²) in [7, 11) is 0.565. The summed E-state index contributed by atoms with van der Waals surface area (Å²) < 4.78 is 22.6. The van der Waals surface area contributed by atoms with E-state index in [9.17, 15) is 4.57 Å². The Bertz CT molecular complexity index is 635. The highest BCUT2D eigenvalue weighted by Gasteiger charge is 2.77. The van der Waals surface area contributed by atoms with E-state index in [0.29, 0.717) is 11.8 Å². The van der Waals surface area contributed by atoms with Crippen molar-refractivity contribution in [2.24, 2.45) is 29.6 Å². The van der Waals surface area contributed by atoms with Crippen molar-refractivity contribution in [3.63, 3.8) is 0 Å². The first kappa shape index (κ1) is 16.3. The maximum atomic E-state index is 11.4. The maximum Gasteiger partial charge on any atom is 0.500 e. The average Bonchev–Trinajstić information content (AvgIpc) is 2.61. The molecule has 4 aliphatic carbocycles. The van der Waals surface area contributed by atoms with Gasteiger partial charge in [-0.25, -0.2) is 4.89 Å². The lowest BCUT2D eigenvalue weighted by atomic mass is 9.47. The molecule has 1 heterocycles. The van der Waals surface area contributed by atoms with Crippen LogP contribution >= 0.6 is 8.69 Å². The fourth-order valence-electron chi connectivity index (χ4n) is 6.53. The van der Waals surface area contributed by atoms with Gasteiger partial charge in [0.2, 0.25) is 5.60 Å². The van der Waals surface area contributed by atoms with Gasteiger partial charge in [-0.15, -0.1) is 0 Å². The molecule has 0 radical (unpaired) electrons. The first-order chi connectivity index (χ1) is 12.2. The minimum Gasteiger partial charge on any atom is -0.323 e. The van der Waals surface area contributed by atoms with Crippen LogP contribution in [0.2, 0.25) is 0 Å². The van der Waals surface area contributed by atoms with Gasteiger partial charge in [0.25, 0.3) is 0 Å². The average molecular weight is 363 g/mol. The molecule has 4 saturated carbocycles. The van der Waals surface area contributed by atoms with Crippen molar-refractivity contribution in [3.05, 3.63) is 35.9 Å². The van der Waals surface area contributed by atoms with Crippen LogP contribution in [0.25, 0.3) is 0 Å². The van der Waals surface area contributed by atoms with Crippen LogP contribution in [0.15, 0.2) is 30.3 Å². The van der Waals surface area contributed by atoms with Gasteiger partial charge in [0, 0.05) is 13.0 Å². The highest BCUT2D eigenvalue weighted by atomic mass is 31.1. The van der Waals surface area contributed by atoms with E-state index in [4.69, 9.17) is 19.0 Å². The molecule has 5 fully saturated rings. The van der Waals surface area contributed by atoms with Crippen LogP contribution in [-0.4, -0.2) is 13.1 Å². The molecule has 0 N–H and O–H groups in total. The summed E-state index contributed by atoms with van der Waals surface area (Å²) in [6.45, 7) is 0. The normalized spacial score (nSPS) is 47.8. The van der Waals surface area contributed by atoms with Crippen LogP contribution in [0.4, 0.5) is 0 Å². The number of ether oxygens (including phenoxy) is 1. The van der Waals surface area contributed by atoms with Crippen molar-refractivity contribution in [1.82, 2.24) is 0 Å². The topological polar surface area (TPSA) is 54.0 Å². The monoisotopic (exact) mass is 363 g/mol. The van der Waals surface area contributed by atoms with Crippen molar-refractivity contribution in [3.8, 4) is 0 Å². The van der Waals surface area contributed by atoms with Crippen LogP contribution in [0.3, 0.4) is 0 Å². The second-order valence-corrected chi connectivity index (χ2v) is 8.54. The zero-order chi connectivity index (χ0) is 17.1. The predicted molar refractivity (Wildman–Crippen MR) is 90.7 cm³/mol. The van der Waals surface area contributed by atoms with Crippen LogP contribution in [0.1, 0.15) is 37.7 Å². The second kappa shape index (κ2) is 5.83. The van der Waals surface area contributed by atoms with Crippen molar-refractivity contribution in [2.45, 2.75) is 43.7 Å². The summed E-state index contributed by atoms with van der Waals surface area (Å²) in [5.74, 6) is 1.68. The lowest BCUT2D eigenvalue weighted by molar-refractivity contribution is -0.676. The number of rotatable bonds is 5. The van der Waals surface area contributed by atoms with Crippen molar-refractivity contribution in [1.29, 1.82) is 0 Å². The summed E-state index contributed by atoms with van der Waals surface area (Å²) in [4.78, 5) is 11.3. The molecule has 0 aromatic heterocycles. The van der Waals surface area contributed by atoms with E-state index in [-0.39, 0.29) is 5.92 Å². The predicted octanol–water partition coefficient (Wildman–Crippen LogP) is 4.17. The maximum absolute atomic E-state index is 11.4. The fourth-order valence-corrected chi connectivity index (χ4v) is 6.90. The third-order valence-corrected chi connectivity index (χ3v) is 7.43. The Hall–Kier alpha value is -0.840. The summed E-state index contributed by atoms with van der Waals surface area (Å²) in [6.07, 6.45) is 6.37. The molecule has 6 rings (SSSR count). The Morgan fingerprint density at radius 2 is 1.64 bits per heavy atom. The lowest BCUT2D eigenvalue weighted by Gasteiger charge is -2.63. The fraction of sp³-hybridized carbons (Fsp3) is 0.684. The minimum atomic E-state index is -1.44. The Morgan fingerprint density at radius 3 is 2.12 bits per heavy atom. The first-order valence-corrected chi connectivity index (χ1v) is 10.1. The van der Waals surface area contributed by atoms with Crippen LogP contribution in [-0.2, 0) is 29.2 Å². The molecule has 3 unspecified atom stereocenters. The zero-order valence-electron chi connectivity index (χ0n) is 14.4. The first-order valence-electron chi connectivity index (χ1n) is 9.25. The van der Waals surface area contributed by atoms with Gasteiger partial charge in [-0.2, -0.15) is 4.89 Å². The van der Waals surface area contributed by atoms with Gasteiger partial charge in [-0.05, 0) is 65.9 Å². The molecular formula is C19H24O5P+. The third-order valence-electron chi connectivity index (χ3n) is 7.08. The molecule has 3 atom stereocenters. The van der Waals surface area contributed by atoms with Crippen molar-refractivity contribution < 1.29 is 23.6 Å². The SMILES string of the molecule is COC1(O[PH+]=O)OOC1(c1ccccc1)C1C2CC3CC(C2)CC1C3. The molecule has 0 amide bonds. The molecular weight excluding hydrogens is 339 g/mol. The van der Waals surface area contributed by atoms with Crippen LogP contribution in [0, 0.1) is 29.6 Å². The quantitative estimate of drug-likeness (QED) is 0.446. The molecule has 25 heavy (non-hydrogen) atoms. The van der Waals surface area contributed by atoms with Crippen LogP contribution in [0.5, 0.6) is 0 Å². The molecule has 1 aromatic rings. The Balaban J connectivity index is 1.63. The van der Waals surface area contributed by atoms with Gasteiger partial charge in [-0.3, -0.25) is 0 Å². The highest BCUT2D eigenvalue weighted by molar-refractivity contribution is 7.17. The van der Waals surface area contributed by atoms with Gasteiger partial charge in [0.05, 0.1) is 0 Å². The third kappa shape index (κ3) is 2.11. The number of hydrogen-bond acceptors (Lipinski definition) is 5. The molecule has 5 aliphatic rings. The summed E-state index contributed by atoms with van der Waals surface area (Å²) in [5, 5.41) is 0. The summed E-state index contributed by atoms with van der Waals surface area (Å²) in [6, 6.07) is 10.1. The Morgan fingerprint density at radius 1 is 1.00 bits per heavy atom. The van der Waals surface area contributed by atoms with E-state index >= 15 is 0 Å². The molecule has 4 bridgehead atoms. The molecule has 6 heteroatoms. The van der Waals surface area contributed by atoms with E-state index < -0.39 is 20.3 Å². The van der Waals surface area contributed by atoms with Gasteiger partial charge in [-0.1, -0.05) is 34.9 Å². The minimum absolute atomic E-state index is 0.257. The molecule has 5 nitrogen and oxygen atoms in total. The zero-order valence-corrected chi connectivity index (χ0v) is 15.4. The molecule has 1 aromatic carbocycles. The Labute approximate surface area is 149 Å². The molecule has 134 valence electrons. The highest BCUT2D eigenvalue weighted by Crippen LogP contribution is 2.67. The largest absolute Gasteiger partial charge is 0.500 e. The van der Waals surface area contributed by atoms with E-state index in [2.05, 4.69) is 0 Å². The Kier molecular flexibility index (Phi) is 3.81. The van der Waals surface area contributed by atoms with E-state index in [1.165, 1.54) is 39.2 Å². The van der Waals surface area contributed by atoms with Crippen molar-refractivity contribution in [2.75, 3.05) is 7.11 Å². The smallest absolute Gasteiger partial charge is 0.323 e. The van der Waals surface area contributed by atoms with Crippen molar-refractivity contribution >= 4 is 8.69 Å². The van der Waals surface area contributed by atoms with E-state index in [1.54, 1.807) is 0 Å². The number of hydrogen-bond donors (Lipinski definition) is 0. The van der Waals surface area contributed by atoms with E-state index in [0.717, 1.165) is 17.4 Å². The standard InChI is InChI=1S/C19H24O5P/c1-21-19(24-25-20)18(22-23-19,16-5-3-2-4-6-16)17-14-8-12-7-13(10-14)11-15(17)9-12/h2-6,12-15,17,25H,7-11H2,1H3/q+1. The lowest BCUT2D eigenvalue weighted by Crippen LogP contribution is -2.73.